The molecular formula is C15H28N2O3. The minimum absolute atomic E-state index is 0.113. The highest BCUT2D eigenvalue weighted by atomic mass is 16.4. The number of carbonyl (C=O) groups is 2. The van der Waals surface area contributed by atoms with Gasteiger partial charge < -0.3 is 15.7 Å². The van der Waals surface area contributed by atoms with Gasteiger partial charge in [0.05, 0.1) is 5.92 Å². The van der Waals surface area contributed by atoms with Gasteiger partial charge in [0.15, 0.2) is 0 Å². The Balaban J connectivity index is 2.21. The van der Waals surface area contributed by atoms with E-state index in [1.165, 1.54) is 0 Å². The summed E-state index contributed by atoms with van der Waals surface area (Å²) in [6, 6.07) is 0.0564. The van der Waals surface area contributed by atoms with E-state index in [-0.39, 0.29) is 18.0 Å². The molecule has 1 rings (SSSR count). The van der Waals surface area contributed by atoms with E-state index >= 15 is 0 Å². The second-order valence-corrected chi connectivity index (χ2v) is 6.08. The Kier molecular flexibility index (Phi) is 6.82. The predicted molar refractivity (Wildman–Crippen MR) is 78.5 cm³/mol. The predicted octanol–water partition coefficient (Wildman–Crippen LogP) is 2.61. The summed E-state index contributed by atoms with van der Waals surface area (Å²) < 4.78 is 0. The molecule has 3 N–H and O–H groups in total. The number of rotatable bonds is 6. The summed E-state index contributed by atoms with van der Waals surface area (Å²) in [4.78, 5) is 22.6. The Bertz CT molecular complexity index is 325. The minimum Gasteiger partial charge on any atom is -0.481 e. The van der Waals surface area contributed by atoms with Gasteiger partial charge in [0.1, 0.15) is 0 Å². The van der Waals surface area contributed by atoms with Crippen molar-refractivity contribution in [1.29, 1.82) is 0 Å². The number of aliphatic carboxylic acids is 1. The Labute approximate surface area is 121 Å². The highest BCUT2D eigenvalue weighted by Gasteiger charge is 2.26. The van der Waals surface area contributed by atoms with E-state index in [9.17, 15) is 9.59 Å². The Morgan fingerprint density at radius 2 is 1.80 bits per heavy atom. The zero-order chi connectivity index (χ0) is 15.1. The second-order valence-electron chi connectivity index (χ2n) is 6.08. The number of carboxylic acid groups (broad SMARTS) is 1. The zero-order valence-electron chi connectivity index (χ0n) is 12.8. The van der Waals surface area contributed by atoms with Crippen LogP contribution in [0.25, 0.3) is 0 Å². The lowest BCUT2D eigenvalue weighted by molar-refractivity contribution is -0.143. The lowest BCUT2D eigenvalue weighted by atomic mass is 9.82. The maximum Gasteiger partial charge on any atom is 0.315 e. The van der Waals surface area contributed by atoms with E-state index in [0.29, 0.717) is 18.4 Å². The van der Waals surface area contributed by atoms with Crippen molar-refractivity contribution in [3.63, 3.8) is 0 Å². The summed E-state index contributed by atoms with van der Waals surface area (Å²) in [5.41, 5.74) is 0. The molecule has 5 nitrogen and oxygen atoms in total. The number of nitrogens with one attached hydrogen (secondary N) is 2. The molecule has 0 saturated heterocycles. The smallest absolute Gasteiger partial charge is 0.315 e. The van der Waals surface area contributed by atoms with Crippen molar-refractivity contribution in [2.24, 2.45) is 17.8 Å². The molecule has 0 bridgehead atoms. The fourth-order valence-electron chi connectivity index (χ4n) is 2.60. The van der Waals surface area contributed by atoms with Crippen LogP contribution in [0, 0.1) is 17.8 Å². The molecule has 0 aliphatic heterocycles. The lowest BCUT2D eigenvalue weighted by Gasteiger charge is -2.27. The summed E-state index contributed by atoms with van der Waals surface area (Å²) in [6.07, 6.45) is 4.27. The molecule has 2 unspecified atom stereocenters. The fraction of sp³-hybridized carbons (Fsp3) is 0.867. The third-order valence-electron chi connectivity index (χ3n) is 4.60. The molecule has 5 heteroatoms. The molecule has 0 aromatic rings. The van der Waals surface area contributed by atoms with E-state index in [1.807, 2.05) is 6.92 Å². The van der Waals surface area contributed by atoms with Crippen LogP contribution < -0.4 is 10.6 Å². The molecule has 0 aromatic carbocycles. The molecule has 2 amide bonds. The van der Waals surface area contributed by atoms with Gasteiger partial charge in [-0.05, 0) is 44.4 Å². The van der Waals surface area contributed by atoms with Gasteiger partial charge in [-0.2, -0.15) is 0 Å². The van der Waals surface area contributed by atoms with Gasteiger partial charge in [-0.3, -0.25) is 4.79 Å². The molecule has 0 radical (unpaired) electrons. The molecule has 2 atom stereocenters. The van der Waals surface area contributed by atoms with E-state index in [0.717, 1.165) is 32.1 Å². The molecule has 1 aliphatic rings. The van der Waals surface area contributed by atoms with Gasteiger partial charge >= 0.3 is 12.0 Å². The van der Waals surface area contributed by atoms with Crippen LogP contribution in [-0.2, 0) is 4.79 Å². The first-order chi connectivity index (χ1) is 9.43. The summed E-state index contributed by atoms with van der Waals surface area (Å²) in [5.74, 6) is 0.00374. The monoisotopic (exact) mass is 284 g/mol. The van der Waals surface area contributed by atoms with E-state index in [2.05, 4.69) is 24.5 Å². The zero-order valence-corrected chi connectivity index (χ0v) is 12.8. The van der Waals surface area contributed by atoms with Gasteiger partial charge in [0.25, 0.3) is 0 Å². The van der Waals surface area contributed by atoms with Crippen LogP contribution in [0.1, 0.15) is 52.9 Å². The third-order valence-corrected chi connectivity index (χ3v) is 4.60. The average Bonchev–Trinajstić information content (AvgIpc) is 2.44. The van der Waals surface area contributed by atoms with Crippen LogP contribution in [0.15, 0.2) is 0 Å². The first-order valence-electron chi connectivity index (χ1n) is 7.71. The van der Waals surface area contributed by atoms with Crippen LogP contribution in [0.2, 0.25) is 0 Å². The average molecular weight is 284 g/mol. The highest BCUT2D eigenvalue weighted by molar-refractivity contribution is 5.74. The maximum absolute atomic E-state index is 11.8. The standard InChI is InChI=1S/C15H28N2O3/c1-4-10(2)11(3)17-15(20)16-9-12-5-7-13(8-6-12)14(18)19/h10-13H,4-9H2,1-3H3,(H,18,19)(H2,16,17,20). The maximum atomic E-state index is 11.8. The van der Waals surface area contributed by atoms with Crippen LogP contribution in [0.5, 0.6) is 0 Å². The van der Waals surface area contributed by atoms with Crippen molar-refractivity contribution in [1.82, 2.24) is 10.6 Å². The lowest BCUT2D eigenvalue weighted by Crippen LogP contribution is -2.45. The van der Waals surface area contributed by atoms with Crippen molar-refractivity contribution < 1.29 is 14.7 Å². The topological polar surface area (TPSA) is 78.4 Å². The van der Waals surface area contributed by atoms with Gasteiger partial charge in [0.2, 0.25) is 0 Å². The third kappa shape index (κ3) is 5.39. The number of hydrogen-bond acceptors (Lipinski definition) is 2. The van der Waals surface area contributed by atoms with Crippen molar-refractivity contribution >= 4 is 12.0 Å². The van der Waals surface area contributed by atoms with Crippen molar-refractivity contribution in [2.45, 2.75) is 58.9 Å². The number of hydrogen-bond donors (Lipinski definition) is 3. The van der Waals surface area contributed by atoms with Gasteiger partial charge in [-0.25, -0.2) is 4.79 Å². The van der Waals surface area contributed by atoms with E-state index in [1.54, 1.807) is 0 Å². The molecule has 1 fully saturated rings. The quantitative estimate of drug-likeness (QED) is 0.701. The highest BCUT2D eigenvalue weighted by Crippen LogP contribution is 2.28. The van der Waals surface area contributed by atoms with Gasteiger partial charge in [0, 0.05) is 12.6 Å². The summed E-state index contributed by atoms with van der Waals surface area (Å²) in [5, 5.41) is 14.8. The van der Waals surface area contributed by atoms with Crippen LogP contribution in [0.4, 0.5) is 4.79 Å². The second kappa shape index (κ2) is 8.12. The van der Waals surface area contributed by atoms with E-state index in [4.69, 9.17) is 5.11 Å². The molecule has 0 spiro atoms. The van der Waals surface area contributed by atoms with E-state index < -0.39 is 5.97 Å². The molecular weight excluding hydrogens is 256 g/mol. The number of carboxylic acids is 1. The largest absolute Gasteiger partial charge is 0.481 e. The molecule has 1 saturated carbocycles. The summed E-state index contributed by atoms with van der Waals surface area (Å²) in [6.45, 7) is 6.90. The molecule has 20 heavy (non-hydrogen) atoms. The van der Waals surface area contributed by atoms with Crippen LogP contribution in [-0.4, -0.2) is 29.7 Å². The molecule has 0 aromatic heterocycles. The Hall–Kier alpha value is -1.26. The van der Waals surface area contributed by atoms with Crippen molar-refractivity contribution in [3.8, 4) is 0 Å². The molecule has 116 valence electrons. The molecule has 1 aliphatic carbocycles. The Morgan fingerprint density at radius 3 is 2.30 bits per heavy atom. The SMILES string of the molecule is CCC(C)C(C)NC(=O)NCC1CCC(C(=O)O)CC1. The first kappa shape index (κ1) is 16.8. The van der Waals surface area contributed by atoms with Crippen molar-refractivity contribution in [3.05, 3.63) is 0 Å². The summed E-state index contributed by atoms with van der Waals surface area (Å²) >= 11 is 0. The van der Waals surface area contributed by atoms with Crippen LogP contribution >= 0.6 is 0 Å². The number of amides is 2. The summed E-state index contributed by atoms with van der Waals surface area (Å²) in [7, 11) is 0. The van der Waals surface area contributed by atoms with Gasteiger partial charge in [-0.15, -0.1) is 0 Å². The molecule has 0 heterocycles. The number of urea groups is 1. The van der Waals surface area contributed by atoms with Crippen molar-refractivity contribution in [2.75, 3.05) is 6.54 Å². The first-order valence-corrected chi connectivity index (χ1v) is 7.71. The normalized spacial score (nSPS) is 25.6. The fourth-order valence-corrected chi connectivity index (χ4v) is 2.60. The Morgan fingerprint density at radius 1 is 1.20 bits per heavy atom. The van der Waals surface area contributed by atoms with Crippen LogP contribution in [0.3, 0.4) is 0 Å². The minimum atomic E-state index is -0.684. The van der Waals surface area contributed by atoms with Gasteiger partial charge in [-0.1, -0.05) is 20.3 Å². The number of carbonyl (C=O) groups excluding carboxylic acids is 1.